The summed E-state index contributed by atoms with van der Waals surface area (Å²) in [6, 6.07) is 14.7. The molecule has 5 nitrogen and oxygen atoms in total. The third-order valence-electron chi connectivity index (χ3n) is 9.77. The largest absolute Gasteiger partial charge is 0.496 e. The Morgan fingerprint density at radius 1 is 0.757 bits per heavy atom. The minimum atomic E-state index is -3.38. The first-order valence-corrected chi connectivity index (χ1v) is 16.0. The molecule has 2 saturated heterocycles. The molecule has 2 bridgehead atoms. The Bertz CT molecular complexity index is 1180. The molecule has 2 saturated carbocycles. The van der Waals surface area contributed by atoms with E-state index in [0.717, 1.165) is 47.6 Å². The van der Waals surface area contributed by atoms with E-state index in [1.165, 1.54) is 70.0 Å². The maximum atomic E-state index is 12.9. The molecule has 2 aromatic rings. The van der Waals surface area contributed by atoms with Gasteiger partial charge in [0.25, 0.3) is 0 Å². The van der Waals surface area contributed by atoms with Crippen LogP contribution < -0.4 is 4.74 Å². The van der Waals surface area contributed by atoms with Crippen molar-refractivity contribution in [1.82, 2.24) is 9.21 Å². The molecule has 0 N–H and O–H groups in total. The third kappa shape index (κ3) is 5.22. The van der Waals surface area contributed by atoms with Crippen LogP contribution in [0.5, 0.6) is 5.75 Å². The van der Waals surface area contributed by atoms with Crippen molar-refractivity contribution in [2.24, 2.45) is 11.8 Å². The van der Waals surface area contributed by atoms with Gasteiger partial charge in [-0.25, -0.2) is 8.42 Å². The van der Waals surface area contributed by atoms with Gasteiger partial charge in [0.15, 0.2) is 0 Å². The molecule has 3 atom stereocenters. The number of hydrogen-bond donors (Lipinski definition) is 0. The molecule has 3 unspecified atom stereocenters. The highest BCUT2D eigenvalue weighted by Gasteiger charge is 2.35. The van der Waals surface area contributed by atoms with Crippen LogP contribution in [0.3, 0.4) is 0 Å². The molecule has 6 heteroatoms. The van der Waals surface area contributed by atoms with Gasteiger partial charge < -0.3 is 9.64 Å². The fourth-order valence-electron chi connectivity index (χ4n) is 7.62. The first-order valence-electron chi connectivity index (χ1n) is 14.5. The lowest BCUT2D eigenvalue weighted by molar-refractivity contribution is 0.125. The molecule has 6 rings (SSSR count). The van der Waals surface area contributed by atoms with Crippen LogP contribution in [-0.2, 0) is 10.0 Å². The van der Waals surface area contributed by atoms with Crippen molar-refractivity contribution in [3.05, 3.63) is 48.0 Å². The Balaban J connectivity index is 1.16. The Morgan fingerprint density at radius 2 is 1.43 bits per heavy atom. The summed E-state index contributed by atoms with van der Waals surface area (Å²) in [4.78, 5) is 3.19. The fraction of sp³-hybridized carbons (Fsp3) is 0.613. The summed E-state index contributed by atoms with van der Waals surface area (Å²) in [5.41, 5.74) is 3.48. The zero-order valence-electron chi connectivity index (χ0n) is 22.3. The van der Waals surface area contributed by atoms with Gasteiger partial charge in [-0.1, -0.05) is 31.0 Å². The third-order valence-corrected chi connectivity index (χ3v) is 11.7. The first-order chi connectivity index (χ1) is 18.0. The zero-order chi connectivity index (χ0) is 25.4. The molecule has 0 spiro atoms. The SMILES string of the molecule is COc1ccc(-c2ccc(S(=O)(=O)N3CCCC3)cc2)cc1C1CCN(C2CCC3CCC(C3)C2)CC1. The van der Waals surface area contributed by atoms with Crippen LogP contribution in [0, 0.1) is 11.8 Å². The molecule has 200 valence electrons. The van der Waals surface area contributed by atoms with Gasteiger partial charge >= 0.3 is 0 Å². The van der Waals surface area contributed by atoms with Gasteiger partial charge in [-0.15, -0.1) is 0 Å². The van der Waals surface area contributed by atoms with Crippen LogP contribution in [0.25, 0.3) is 11.1 Å². The summed E-state index contributed by atoms with van der Waals surface area (Å²) in [7, 11) is -1.61. The monoisotopic (exact) mass is 522 g/mol. The highest BCUT2D eigenvalue weighted by Crippen LogP contribution is 2.43. The van der Waals surface area contributed by atoms with Crippen LogP contribution >= 0.6 is 0 Å². The molecule has 4 fully saturated rings. The zero-order valence-corrected chi connectivity index (χ0v) is 23.1. The Morgan fingerprint density at radius 3 is 2.16 bits per heavy atom. The van der Waals surface area contributed by atoms with E-state index in [2.05, 4.69) is 23.1 Å². The topological polar surface area (TPSA) is 49.9 Å². The fourth-order valence-corrected chi connectivity index (χ4v) is 9.14. The molecule has 2 aliphatic carbocycles. The predicted molar refractivity (Wildman–Crippen MR) is 148 cm³/mol. The van der Waals surface area contributed by atoms with E-state index < -0.39 is 10.0 Å². The van der Waals surface area contributed by atoms with E-state index in [1.807, 2.05) is 12.1 Å². The average molecular weight is 523 g/mol. The molecule has 2 aliphatic heterocycles. The minimum Gasteiger partial charge on any atom is -0.496 e. The van der Waals surface area contributed by atoms with Crippen molar-refractivity contribution < 1.29 is 13.2 Å². The number of piperidine rings is 1. The van der Waals surface area contributed by atoms with Gasteiger partial charge in [-0.3, -0.25) is 0 Å². The molecular formula is C31H42N2O3S. The standard InChI is InChI=1S/C31H42N2O3S/c1-36-31-13-9-27(25-7-11-29(12-8-25)37(34,35)33-16-2-3-17-33)22-30(31)26-14-18-32(19-15-26)28-10-6-23-4-5-24(20-23)21-28/h7-9,11-13,22-24,26,28H,2-6,10,14-21H2,1H3. The molecule has 37 heavy (non-hydrogen) atoms. The summed E-state index contributed by atoms with van der Waals surface area (Å²) in [5, 5.41) is 0. The first kappa shape index (κ1) is 25.4. The van der Waals surface area contributed by atoms with Crippen molar-refractivity contribution in [3.63, 3.8) is 0 Å². The van der Waals surface area contributed by atoms with Gasteiger partial charge in [0.2, 0.25) is 10.0 Å². The Kier molecular flexibility index (Phi) is 7.34. The highest BCUT2D eigenvalue weighted by molar-refractivity contribution is 7.89. The lowest BCUT2D eigenvalue weighted by Crippen LogP contribution is -2.41. The number of sulfonamides is 1. The van der Waals surface area contributed by atoms with E-state index in [0.29, 0.717) is 23.9 Å². The number of fused-ring (bicyclic) bond motifs is 2. The summed E-state index contributed by atoms with van der Waals surface area (Å²) in [5.74, 6) is 3.46. The second kappa shape index (κ2) is 10.7. The van der Waals surface area contributed by atoms with Crippen LogP contribution in [0.4, 0.5) is 0 Å². The molecule has 4 aliphatic rings. The maximum Gasteiger partial charge on any atom is 0.243 e. The summed E-state index contributed by atoms with van der Waals surface area (Å²) in [6.45, 7) is 3.63. The molecule has 0 aromatic heterocycles. The number of nitrogens with zero attached hydrogens (tertiary/aromatic N) is 2. The number of methoxy groups -OCH3 is 1. The minimum absolute atomic E-state index is 0.394. The van der Waals surface area contributed by atoms with Gasteiger partial charge in [-0.2, -0.15) is 4.31 Å². The van der Waals surface area contributed by atoms with Gasteiger partial charge in [0.05, 0.1) is 12.0 Å². The summed E-state index contributed by atoms with van der Waals surface area (Å²) in [6.07, 6.45) is 12.9. The van der Waals surface area contributed by atoms with Gasteiger partial charge in [0, 0.05) is 19.1 Å². The highest BCUT2D eigenvalue weighted by atomic mass is 32.2. The van der Waals surface area contributed by atoms with E-state index >= 15 is 0 Å². The number of rotatable bonds is 6. The maximum absolute atomic E-state index is 12.9. The summed E-state index contributed by atoms with van der Waals surface area (Å²) >= 11 is 0. The van der Waals surface area contributed by atoms with E-state index in [-0.39, 0.29) is 0 Å². The van der Waals surface area contributed by atoms with Gasteiger partial charge in [-0.05, 0) is 123 Å². The normalized spacial score (nSPS) is 27.9. The van der Waals surface area contributed by atoms with Crippen molar-refractivity contribution in [3.8, 4) is 16.9 Å². The van der Waals surface area contributed by atoms with Crippen LogP contribution in [0.1, 0.15) is 75.7 Å². The van der Waals surface area contributed by atoms with E-state index in [4.69, 9.17) is 4.74 Å². The Hall–Kier alpha value is -1.89. The average Bonchev–Trinajstić information content (AvgIpc) is 3.59. The van der Waals surface area contributed by atoms with Crippen LogP contribution in [0.2, 0.25) is 0 Å². The second-order valence-corrected chi connectivity index (χ2v) is 13.9. The number of benzene rings is 2. The second-order valence-electron chi connectivity index (χ2n) is 11.9. The molecule has 2 aromatic carbocycles. The molecule has 0 radical (unpaired) electrons. The molecule has 0 amide bonds. The van der Waals surface area contributed by atoms with Crippen LogP contribution in [0.15, 0.2) is 47.4 Å². The Labute approximate surface area is 223 Å². The van der Waals surface area contributed by atoms with Crippen molar-refractivity contribution in [1.29, 1.82) is 0 Å². The van der Waals surface area contributed by atoms with Crippen molar-refractivity contribution >= 4 is 10.0 Å². The molecular weight excluding hydrogens is 480 g/mol. The molecule has 2 heterocycles. The summed E-state index contributed by atoms with van der Waals surface area (Å²) < 4.78 is 33.3. The number of ether oxygens (including phenoxy) is 1. The van der Waals surface area contributed by atoms with Gasteiger partial charge in [0.1, 0.15) is 5.75 Å². The number of hydrogen-bond acceptors (Lipinski definition) is 4. The van der Waals surface area contributed by atoms with Crippen molar-refractivity contribution in [2.75, 3.05) is 33.3 Å². The van der Waals surface area contributed by atoms with Crippen molar-refractivity contribution in [2.45, 2.75) is 81.1 Å². The lowest BCUT2D eigenvalue weighted by Gasteiger charge is -2.39. The van der Waals surface area contributed by atoms with Crippen LogP contribution in [-0.4, -0.2) is 57.0 Å². The predicted octanol–water partition coefficient (Wildman–Crippen LogP) is 6.29. The smallest absolute Gasteiger partial charge is 0.243 e. The van der Waals surface area contributed by atoms with E-state index in [1.54, 1.807) is 23.5 Å². The number of likely N-dealkylation sites (tertiary alicyclic amines) is 1. The quantitative estimate of drug-likeness (QED) is 0.447. The van der Waals surface area contributed by atoms with E-state index in [9.17, 15) is 8.42 Å². The lowest BCUT2D eigenvalue weighted by atomic mass is 9.85.